The largest absolute Gasteiger partial charge is 0.497 e. The number of esters is 1. The van der Waals surface area contributed by atoms with Crippen LogP contribution in [0.5, 0.6) is 5.75 Å². The summed E-state index contributed by atoms with van der Waals surface area (Å²) in [5.74, 6) is 0.334. The summed E-state index contributed by atoms with van der Waals surface area (Å²) in [7, 11) is 1.63. The van der Waals surface area contributed by atoms with Gasteiger partial charge in [-0.3, -0.25) is 0 Å². The number of hydrogen-bond donors (Lipinski definition) is 2. The van der Waals surface area contributed by atoms with Gasteiger partial charge < -0.3 is 20.1 Å². The van der Waals surface area contributed by atoms with E-state index in [4.69, 9.17) is 33.3 Å². The zero-order valence-corrected chi connectivity index (χ0v) is 16.4. The van der Waals surface area contributed by atoms with Gasteiger partial charge in [0.1, 0.15) is 5.75 Å². The maximum absolute atomic E-state index is 11.9. The van der Waals surface area contributed by atoms with E-state index >= 15 is 0 Å². The highest BCUT2D eigenvalue weighted by molar-refractivity contribution is 7.80. The topological polar surface area (TPSA) is 59.6 Å². The molecule has 0 heterocycles. The molecule has 0 unspecified atom stereocenters. The summed E-state index contributed by atoms with van der Waals surface area (Å²) in [6.07, 6.45) is 0. The summed E-state index contributed by atoms with van der Waals surface area (Å²) in [4.78, 5) is 11.9. The fourth-order valence-corrected chi connectivity index (χ4v) is 2.80. The van der Waals surface area contributed by atoms with Gasteiger partial charge in [0.25, 0.3) is 0 Å². The van der Waals surface area contributed by atoms with Crippen LogP contribution >= 0.6 is 23.8 Å². The van der Waals surface area contributed by atoms with Gasteiger partial charge in [0, 0.05) is 5.69 Å². The summed E-state index contributed by atoms with van der Waals surface area (Å²) in [5, 5.41) is 7.03. The molecule has 5 nitrogen and oxygen atoms in total. The molecule has 0 aliphatic rings. The van der Waals surface area contributed by atoms with Gasteiger partial charge >= 0.3 is 5.97 Å². The van der Waals surface area contributed by atoms with E-state index in [2.05, 4.69) is 10.6 Å². The highest BCUT2D eigenvalue weighted by Gasteiger charge is 2.13. The Labute approximate surface area is 163 Å². The number of nitrogens with one attached hydrogen (secondary N) is 2. The standard InChI is InChI=1S/C19H21ClN2O3S/c1-4-25-18(23)16-11-14(7-10-17(16)20)22-19(26)21-12(2)13-5-8-15(24-3)9-6-13/h5-12H,4H2,1-3H3,(H2,21,22,26)/t12-/m1/s1. The Morgan fingerprint density at radius 2 is 1.92 bits per heavy atom. The Kier molecular flexibility index (Phi) is 7.24. The SMILES string of the molecule is CCOC(=O)c1cc(NC(=S)N[C@H](C)c2ccc(OC)cc2)ccc1Cl. The molecule has 0 aliphatic carbocycles. The first-order valence-corrected chi connectivity index (χ1v) is 8.91. The minimum absolute atomic E-state index is 0.00210. The molecule has 0 radical (unpaired) electrons. The highest BCUT2D eigenvalue weighted by atomic mass is 35.5. The number of ether oxygens (including phenoxy) is 2. The van der Waals surface area contributed by atoms with E-state index in [0.717, 1.165) is 11.3 Å². The molecule has 138 valence electrons. The second kappa shape index (κ2) is 9.40. The van der Waals surface area contributed by atoms with Crippen molar-refractivity contribution in [1.82, 2.24) is 5.32 Å². The molecule has 7 heteroatoms. The maximum atomic E-state index is 11.9. The van der Waals surface area contributed by atoms with Gasteiger partial charge in [-0.25, -0.2) is 4.79 Å². The lowest BCUT2D eigenvalue weighted by atomic mass is 10.1. The molecular formula is C19H21ClN2O3S. The quantitative estimate of drug-likeness (QED) is 0.554. The lowest BCUT2D eigenvalue weighted by molar-refractivity contribution is 0.0526. The van der Waals surface area contributed by atoms with E-state index in [1.165, 1.54) is 0 Å². The number of hydrogen-bond acceptors (Lipinski definition) is 4. The second-order valence-corrected chi connectivity index (χ2v) is 6.32. The molecule has 26 heavy (non-hydrogen) atoms. The van der Waals surface area contributed by atoms with Crippen LogP contribution in [0.4, 0.5) is 5.69 Å². The Hall–Kier alpha value is -2.31. The van der Waals surface area contributed by atoms with Crippen molar-refractivity contribution < 1.29 is 14.3 Å². The Bertz CT molecular complexity index is 781. The van der Waals surface area contributed by atoms with Gasteiger partial charge in [0.05, 0.1) is 30.3 Å². The lowest BCUT2D eigenvalue weighted by Gasteiger charge is -2.18. The normalized spacial score (nSPS) is 11.4. The van der Waals surface area contributed by atoms with Crippen LogP contribution in [0.15, 0.2) is 42.5 Å². The number of anilines is 1. The molecule has 1 atom stereocenters. The summed E-state index contributed by atoms with van der Waals surface area (Å²) < 4.78 is 10.2. The first-order chi connectivity index (χ1) is 12.4. The smallest absolute Gasteiger partial charge is 0.339 e. The van der Waals surface area contributed by atoms with Crippen molar-refractivity contribution in [3.8, 4) is 5.75 Å². The highest BCUT2D eigenvalue weighted by Crippen LogP contribution is 2.22. The van der Waals surface area contributed by atoms with Gasteiger partial charge in [-0.05, 0) is 62.0 Å². The number of carbonyl (C=O) groups excluding carboxylic acids is 1. The first kappa shape index (κ1) is 20.0. The van der Waals surface area contributed by atoms with Gasteiger partial charge in [0.15, 0.2) is 5.11 Å². The van der Waals surface area contributed by atoms with E-state index in [9.17, 15) is 4.79 Å². The first-order valence-electron chi connectivity index (χ1n) is 8.12. The van der Waals surface area contributed by atoms with Crippen molar-refractivity contribution in [2.45, 2.75) is 19.9 Å². The molecule has 2 rings (SSSR count). The molecule has 0 spiro atoms. The number of rotatable bonds is 6. The van der Waals surface area contributed by atoms with Crippen molar-refractivity contribution in [3.63, 3.8) is 0 Å². The predicted octanol–water partition coefficient (Wildman–Crippen LogP) is 4.57. The summed E-state index contributed by atoms with van der Waals surface area (Å²) in [6.45, 7) is 4.03. The zero-order chi connectivity index (χ0) is 19.1. The van der Waals surface area contributed by atoms with E-state index in [1.54, 1.807) is 32.2 Å². The minimum atomic E-state index is -0.466. The van der Waals surface area contributed by atoms with Crippen LogP contribution in [0.2, 0.25) is 5.02 Å². The molecule has 0 aliphatic heterocycles. The van der Waals surface area contributed by atoms with Crippen LogP contribution in [-0.4, -0.2) is 24.8 Å². The molecule has 0 saturated carbocycles. The van der Waals surface area contributed by atoms with Crippen molar-refractivity contribution in [2.24, 2.45) is 0 Å². The molecule has 2 aromatic rings. The van der Waals surface area contributed by atoms with Crippen LogP contribution in [-0.2, 0) is 4.74 Å². The zero-order valence-electron chi connectivity index (χ0n) is 14.8. The summed E-state index contributed by atoms with van der Waals surface area (Å²) >= 11 is 11.4. The van der Waals surface area contributed by atoms with Gasteiger partial charge in [-0.2, -0.15) is 0 Å². The third kappa shape index (κ3) is 5.34. The fraction of sp³-hybridized carbons (Fsp3) is 0.263. The summed E-state index contributed by atoms with van der Waals surface area (Å²) in [6, 6.07) is 12.7. The van der Waals surface area contributed by atoms with Crippen molar-refractivity contribution in [1.29, 1.82) is 0 Å². The maximum Gasteiger partial charge on any atom is 0.339 e. The van der Waals surface area contributed by atoms with Gasteiger partial charge in [0.2, 0.25) is 0 Å². The van der Waals surface area contributed by atoms with Crippen LogP contribution in [0, 0.1) is 0 Å². The molecule has 0 saturated heterocycles. The lowest BCUT2D eigenvalue weighted by Crippen LogP contribution is -2.30. The van der Waals surface area contributed by atoms with Crippen LogP contribution in [0.3, 0.4) is 0 Å². The predicted molar refractivity (Wildman–Crippen MR) is 108 cm³/mol. The Morgan fingerprint density at radius 1 is 1.23 bits per heavy atom. The number of carbonyl (C=O) groups is 1. The molecular weight excluding hydrogens is 372 g/mol. The number of methoxy groups -OCH3 is 1. The van der Waals surface area contributed by atoms with Gasteiger partial charge in [-0.15, -0.1) is 0 Å². The van der Waals surface area contributed by atoms with Crippen LogP contribution in [0.25, 0.3) is 0 Å². The molecule has 2 N–H and O–H groups in total. The molecule has 0 bridgehead atoms. The van der Waals surface area contributed by atoms with Crippen molar-refractivity contribution >= 4 is 40.6 Å². The van der Waals surface area contributed by atoms with Crippen molar-refractivity contribution in [3.05, 3.63) is 58.6 Å². The summed E-state index contributed by atoms with van der Waals surface area (Å²) in [5.41, 5.74) is 2.01. The molecule has 0 aromatic heterocycles. The number of benzene rings is 2. The van der Waals surface area contributed by atoms with Crippen molar-refractivity contribution in [2.75, 3.05) is 19.0 Å². The number of halogens is 1. The molecule has 0 amide bonds. The van der Waals surface area contributed by atoms with E-state index in [-0.39, 0.29) is 12.6 Å². The van der Waals surface area contributed by atoms with E-state index in [1.807, 2.05) is 31.2 Å². The van der Waals surface area contributed by atoms with Crippen LogP contribution < -0.4 is 15.4 Å². The third-order valence-corrected chi connectivity index (χ3v) is 4.23. The average molecular weight is 393 g/mol. The van der Waals surface area contributed by atoms with E-state index < -0.39 is 5.97 Å². The van der Waals surface area contributed by atoms with E-state index in [0.29, 0.717) is 21.4 Å². The third-order valence-electron chi connectivity index (χ3n) is 3.68. The minimum Gasteiger partial charge on any atom is -0.497 e. The van der Waals surface area contributed by atoms with Gasteiger partial charge in [-0.1, -0.05) is 23.7 Å². The fourth-order valence-electron chi connectivity index (χ4n) is 2.31. The second-order valence-electron chi connectivity index (χ2n) is 5.51. The Morgan fingerprint density at radius 3 is 2.54 bits per heavy atom. The molecule has 2 aromatic carbocycles. The Balaban J connectivity index is 2.02. The number of thiocarbonyl (C=S) groups is 1. The molecule has 0 fully saturated rings. The monoisotopic (exact) mass is 392 g/mol. The average Bonchev–Trinajstić information content (AvgIpc) is 2.63. The van der Waals surface area contributed by atoms with Crippen LogP contribution in [0.1, 0.15) is 35.8 Å².